The summed E-state index contributed by atoms with van der Waals surface area (Å²) in [7, 11) is 5.76. The third-order valence-electron chi connectivity index (χ3n) is 4.94. The summed E-state index contributed by atoms with van der Waals surface area (Å²) in [5.41, 5.74) is 4.30. The fourth-order valence-corrected chi connectivity index (χ4v) is 3.29. The van der Waals surface area contributed by atoms with Gasteiger partial charge >= 0.3 is 0 Å². The predicted molar refractivity (Wildman–Crippen MR) is 109 cm³/mol. The number of hydrogen-bond donors (Lipinski definition) is 3. The largest absolute Gasteiger partial charge is 0.326 e. The van der Waals surface area contributed by atoms with E-state index >= 15 is 0 Å². The number of anilines is 2. The number of carbonyl (C=O) groups excluding carboxylic acids is 2. The first-order chi connectivity index (χ1) is 13.3. The second kappa shape index (κ2) is 8.53. The van der Waals surface area contributed by atoms with Crippen molar-refractivity contribution in [2.45, 2.75) is 25.8 Å². The number of fused-ring (bicyclic) bond motifs is 1. The Hall–Kier alpha value is -2.71. The van der Waals surface area contributed by atoms with Crippen LogP contribution in [0.1, 0.15) is 29.3 Å². The van der Waals surface area contributed by atoms with E-state index in [1.54, 1.807) is 12.3 Å². The molecule has 3 N–H and O–H groups in total. The maximum absolute atomic E-state index is 12.8. The van der Waals surface area contributed by atoms with Gasteiger partial charge in [0.2, 0.25) is 11.8 Å². The molecule has 2 aromatic rings. The van der Waals surface area contributed by atoms with Gasteiger partial charge in [-0.2, -0.15) is 5.10 Å². The van der Waals surface area contributed by atoms with Crippen molar-refractivity contribution >= 4 is 23.2 Å². The van der Waals surface area contributed by atoms with E-state index in [0.717, 1.165) is 29.8 Å². The molecule has 0 spiro atoms. The Morgan fingerprint density at radius 3 is 2.86 bits per heavy atom. The van der Waals surface area contributed by atoms with E-state index in [9.17, 15) is 9.59 Å². The van der Waals surface area contributed by atoms with E-state index in [0.29, 0.717) is 24.3 Å². The van der Waals surface area contributed by atoms with Gasteiger partial charge in [0.25, 0.3) is 0 Å². The lowest BCUT2D eigenvalue weighted by atomic mass is 10.0. The van der Waals surface area contributed by atoms with E-state index in [1.807, 2.05) is 49.8 Å². The molecule has 0 saturated carbocycles. The molecule has 3 rings (SSSR count). The van der Waals surface area contributed by atoms with Crippen LogP contribution in [0.15, 0.2) is 24.4 Å². The number of aromatic nitrogens is 2. The highest BCUT2D eigenvalue weighted by molar-refractivity contribution is 5.97. The summed E-state index contributed by atoms with van der Waals surface area (Å²) in [6, 6.07) is 5.10. The normalized spacial score (nSPS) is 16.0. The topological polar surface area (TPSA) is 91.3 Å². The van der Waals surface area contributed by atoms with Gasteiger partial charge in [0.15, 0.2) is 0 Å². The number of aryl methyl sites for hydroxylation is 2. The monoisotopic (exact) mass is 384 g/mol. The molecule has 1 aromatic heterocycles. The Bertz CT molecular complexity index is 874. The van der Waals surface area contributed by atoms with Gasteiger partial charge in [-0.1, -0.05) is 6.07 Å². The number of carbonyl (C=O) groups is 2. The molecule has 0 bridgehead atoms. The molecular formula is C20H28N6O2. The molecule has 2 heterocycles. The second-order valence-electron chi connectivity index (χ2n) is 7.43. The van der Waals surface area contributed by atoms with Crippen molar-refractivity contribution in [1.29, 1.82) is 0 Å². The van der Waals surface area contributed by atoms with E-state index in [-0.39, 0.29) is 11.8 Å². The molecule has 1 aliphatic rings. The summed E-state index contributed by atoms with van der Waals surface area (Å²) in [6.45, 7) is 3.34. The van der Waals surface area contributed by atoms with Gasteiger partial charge in [-0.25, -0.2) is 0 Å². The van der Waals surface area contributed by atoms with Gasteiger partial charge in [-0.3, -0.25) is 14.3 Å². The number of nitrogens with one attached hydrogen (secondary N) is 3. The van der Waals surface area contributed by atoms with Crippen LogP contribution in [0.5, 0.6) is 0 Å². The number of benzene rings is 1. The van der Waals surface area contributed by atoms with Crippen LogP contribution in [-0.2, 0) is 23.1 Å². The summed E-state index contributed by atoms with van der Waals surface area (Å²) in [5, 5.41) is 13.4. The highest BCUT2D eigenvalue weighted by atomic mass is 16.2. The minimum atomic E-state index is -0.433. The Balaban J connectivity index is 1.69. The lowest BCUT2D eigenvalue weighted by Gasteiger charge is -2.23. The van der Waals surface area contributed by atoms with E-state index < -0.39 is 6.04 Å². The van der Waals surface area contributed by atoms with Crippen molar-refractivity contribution in [3.05, 3.63) is 41.2 Å². The summed E-state index contributed by atoms with van der Waals surface area (Å²) in [4.78, 5) is 26.9. The van der Waals surface area contributed by atoms with Crippen molar-refractivity contribution in [3.63, 3.8) is 0 Å². The third-order valence-corrected chi connectivity index (χ3v) is 4.94. The zero-order valence-corrected chi connectivity index (χ0v) is 16.9. The molecular weight excluding hydrogens is 356 g/mol. The number of rotatable bonds is 6. The lowest BCUT2D eigenvalue weighted by Crippen LogP contribution is -2.38. The van der Waals surface area contributed by atoms with E-state index in [4.69, 9.17) is 0 Å². The lowest BCUT2D eigenvalue weighted by molar-refractivity contribution is -0.118. The molecule has 1 atom stereocenters. The van der Waals surface area contributed by atoms with Crippen LogP contribution < -0.4 is 16.0 Å². The highest BCUT2D eigenvalue weighted by Crippen LogP contribution is 2.25. The molecule has 0 radical (unpaired) electrons. The summed E-state index contributed by atoms with van der Waals surface area (Å²) < 4.78 is 1.82. The van der Waals surface area contributed by atoms with Gasteiger partial charge in [0.1, 0.15) is 6.04 Å². The molecule has 1 aliphatic heterocycles. The predicted octanol–water partition coefficient (Wildman–Crippen LogP) is 1.44. The van der Waals surface area contributed by atoms with Gasteiger partial charge in [-0.05, 0) is 38.7 Å². The fraction of sp³-hybridized carbons (Fsp3) is 0.450. The molecule has 0 fully saturated rings. The van der Waals surface area contributed by atoms with Crippen LogP contribution in [0, 0.1) is 6.92 Å². The third kappa shape index (κ3) is 4.58. The van der Waals surface area contributed by atoms with Crippen molar-refractivity contribution < 1.29 is 9.59 Å². The Morgan fingerprint density at radius 1 is 1.32 bits per heavy atom. The van der Waals surface area contributed by atoms with Crippen LogP contribution in [0.4, 0.5) is 11.4 Å². The molecule has 2 amide bonds. The first-order valence-corrected chi connectivity index (χ1v) is 9.45. The van der Waals surface area contributed by atoms with Gasteiger partial charge in [-0.15, -0.1) is 0 Å². The van der Waals surface area contributed by atoms with E-state index in [2.05, 4.69) is 21.0 Å². The number of nitrogens with zero attached hydrogens (tertiary/aromatic N) is 3. The molecule has 1 aromatic carbocycles. The first-order valence-electron chi connectivity index (χ1n) is 9.45. The average molecular weight is 384 g/mol. The van der Waals surface area contributed by atoms with Gasteiger partial charge in [0, 0.05) is 55.6 Å². The maximum Gasteiger partial charge on any atom is 0.246 e. The quantitative estimate of drug-likeness (QED) is 0.701. The molecule has 8 nitrogen and oxygen atoms in total. The molecule has 0 saturated heterocycles. The van der Waals surface area contributed by atoms with Crippen molar-refractivity contribution in [3.8, 4) is 0 Å². The first kappa shape index (κ1) is 20.0. The maximum atomic E-state index is 12.8. The molecule has 1 unspecified atom stereocenters. The summed E-state index contributed by atoms with van der Waals surface area (Å²) in [5.74, 6) is -0.183. The number of amides is 2. The minimum Gasteiger partial charge on any atom is -0.326 e. The van der Waals surface area contributed by atoms with Crippen LogP contribution >= 0.6 is 0 Å². The smallest absolute Gasteiger partial charge is 0.246 e. The van der Waals surface area contributed by atoms with Crippen molar-refractivity contribution in [2.24, 2.45) is 7.05 Å². The van der Waals surface area contributed by atoms with Crippen LogP contribution in [0.25, 0.3) is 0 Å². The van der Waals surface area contributed by atoms with Gasteiger partial charge < -0.3 is 20.9 Å². The van der Waals surface area contributed by atoms with Crippen LogP contribution in [0.2, 0.25) is 0 Å². The highest BCUT2D eigenvalue weighted by Gasteiger charge is 2.28. The number of hydrogen-bond acceptors (Lipinski definition) is 5. The van der Waals surface area contributed by atoms with Gasteiger partial charge in [0.05, 0.1) is 6.20 Å². The van der Waals surface area contributed by atoms with Crippen LogP contribution in [-0.4, -0.2) is 53.7 Å². The average Bonchev–Trinajstić information content (AvgIpc) is 3.04. The second-order valence-corrected chi connectivity index (χ2v) is 7.43. The molecule has 0 aliphatic carbocycles. The molecule has 8 heteroatoms. The Morgan fingerprint density at radius 2 is 2.11 bits per heavy atom. The SMILES string of the molecule is Cc1ccc(NC(=O)C2NCCc3c2cnn3C)cc1NC(=O)CCN(C)C. The molecule has 150 valence electrons. The van der Waals surface area contributed by atoms with Crippen LogP contribution in [0.3, 0.4) is 0 Å². The van der Waals surface area contributed by atoms with E-state index in [1.165, 1.54) is 0 Å². The van der Waals surface area contributed by atoms with Crippen molar-refractivity contribution in [1.82, 2.24) is 20.0 Å². The van der Waals surface area contributed by atoms with Crippen molar-refractivity contribution in [2.75, 3.05) is 37.8 Å². The summed E-state index contributed by atoms with van der Waals surface area (Å²) >= 11 is 0. The molecule has 28 heavy (non-hydrogen) atoms. The standard InChI is InChI=1S/C20H28N6O2/c1-13-5-6-14(11-16(13)24-18(27)8-10-25(2)3)23-20(28)19-15-12-22-26(4)17(15)7-9-21-19/h5-6,11-12,19,21H,7-10H2,1-4H3,(H,23,28)(H,24,27). The Kier molecular flexibility index (Phi) is 6.11. The zero-order valence-electron chi connectivity index (χ0n) is 16.9. The summed E-state index contributed by atoms with van der Waals surface area (Å²) in [6.07, 6.45) is 3.01. The zero-order chi connectivity index (χ0) is 20.3. The Labute approximate surface area is 165 Å². The minimum absolute atomic E-state index is 0.0470. The fourth-order valence-electron chi connectivity index (χ4n) is 3.29.